The van der Waals surface area contributed by atoms with Crippen LogP contribution in [0.15, 0.2) is 24.3 Å². The van der Waals surface area contributed by atoms with Crippen molar-refractivity contribution in [2.45, 2.75) is 32.7 Å². The first-order valence-electron chi connectivity index (χ1n) is 6.64. The molecule has 5 nitrogen and oxygen atoms in total. The molecule has 0 aromatic heterocycles. The second-order valence-corrected chi connectivity index (χ2v) is 4.75. The Morgan fingerprint density at radius 2 is 1.95 bits per heavy atom. The van der Waals surface area contributed by atoms with Crippen molar-refractivity contribution in [2.75, 3.05) is 19.8 Å². The van der Waals surface area contributed by atoms with Gasteiger partial charge in [0, 0.05) is 24.8 Å². The average molecular weight is 266 g/mol. The molecular weight excluding hydrogens is 244 g/mol. The van der Waals surface area contributed by atoms with Crippen molar-refractivity contribution in [3.8, 4) is 0 Å². The third-order valence-corrected chi connectivity index (χ3v) is 2.70. The lowest BCUT2D eigenvalue weighted by Gasteiger charge is -2.08. The highest BCUT2D eigenvalue weighted by Crippen LogP contribution is 2.12. The second kappa shape index (κ2) is 8.61. The summed E-state index contributed by atoms with van der Waals surface area (Å²) in [6.07, 6.45) is 1.79. The minimum atomic E-state index is -0.387. The molecule has 1 N–H and O–H groups in total. The van der Waals surface area contributed by atoms with E-state index in [1.165, 1.54) is 12.1 Å². The summed E-state index contributed by atoms with van der Waals surface area (Å²) in [4.78, 5) is 10.1. The predicted molar refractivity (Wildman–Crippen MR) is 75.4 cm³/mol. The van der Waals surface area contributed by atoms with Gasteiger partial charge in [-0.05, 0) is 24.9 Å². The quantitative estimate of drug-likeness (QED) is 0.424. The fourth-order valence-electron chi connectivity index (χ4n) is 1.64. The maximum atomic E-state index is 10.5. The number of hydrogen-bond acceptors (Lipinski definition) is 4. The molecule has 0 heterocycles. The van der Waals surface area contributed by atoms with Gasteiger partial charge >= 0.3 is 0 Å². The maximum absolute atomic E-state index is 10.5. The third kappa shape index (κ3) is 6.88. The Labute approximate surface area is 114 Å². The molecule has 0 saturated heterocycles. The van der Waals surface area contributed by atoms with Crippen LogP contribution < -0.4 is 5.32 Å². The molecule has 1 aromatic carbocycles. The summed E-state index contributed by atoms with van der Waals surface area (Å²) >= 11 is 0. The first-order chi connectivity index (χ1) is 9.09. The number of nitrogens with zero attached hydrogens (tertiary/aromatic N) is 1. The smallest absolute Gasteiger partial charge is 0.269 e. The molecule has 1 aromatic rings. The fraction of sp³-hybridized carbons (Fsp3) is 0.571. The summed E-state index contributed by atoms with van der Waals surface area (Å²) in [5, 5.41) is 13.8. The molecule has 0 aliphatic carbocycles. The van der Waals surface area contributed by atoms with E-state index in [1.807, 2.05) is 0 Å². The summed E-state index contributed by atoms with van der Waals surface area (Å²) in [6, 6.07) is 7.13. The number of nitrogens with one attached hydrogen (secondary N) is 1. The van der Waals surface area contributed by atoms with Crippen molar-refractivity contribution in [1.82, 2.24) is 5.32 Å². The molecule has 0 spiro atoms. The Kier molecular flexibility index (Phi) is 7.07. The van der Waals surface area contributed by atoms with Crippen LogP contribution in [0.5, 0.6) is 0 Å². The molecule has 0 amide bonds. The van der Waals surface area contributed by atoms with E-state index in [-0.39, 0.29) is 10.6 Å². The van der Waals surface area contributed by atoms with Crippen molar-refractivity contribution in [3.63, 3.8) is 0 Å². The van der Waals surface area contributed by atoms with Crippen LogP contribution in [0.3, 0.4) is 0 Å². The predicted octanol–water partition coefficient (Wildman–Crippen LogP) is 2.54. The topological polar surface area (TPSA) is 64.4 Å². The van der Waals surface area contributed by atoms with E-state index < -0.39 is 0 Å². The van der Waals surface area contributed by atoms with E-state index in [4.69, 9.17) is 4.74 Å². The number of hydrogen-bond donors (Lipinski definition) is 1. The van der Waals surface area contributed by atoms with Crippen LogP contribution in [0, 0.1) is 10.1 Å². The molecule has 106 valence electrons. The number of ether oxygens (including phenoxy) is 1. The lowest BCUT2D eigenvalue weighted by Crippen LogP contribution is -2.24. The number of nitro groups is 1. The van der Waals surface area contributed by atoms with E-state index in [1.54, 1.807) is 12.1 Å². The summed E-state index contributed by atoms with van der Waals surface area (Å²) in [6.45, 7) is 6.60. The number of benzene rings is 1. The summed E-state index contributed by atoms with van der Waals surface area (Å²) in [5.41, 5.74) is 1.19. The first-order valence-corrected chi connectivity index (χ1v) is 6.64. The van der Waals surface area contributed by atoms with E-state index in [2.05, 4.69) is 19.2 Å². The van der Waals surface area contributed by atoms with Gasteiger partial charge < -0.3 is 10.1 Å². The molecule has 19 heavy (non-hydrogen) atoms. The van der Waals surface area contributed by atoms with Gasteiger partial charge in [-0.1, -0.05) is 26.0 Å². The molecule has 0 unspecified atom stereocenters. The van der Waals surface area contributed by atoms with Crippen molar-refractivity contribution in [2.24, 2.45) is 0 Å². The summed E-state index contributed by atoms with van der Waals surface area (Å²) in [7, 11) is 0. The van der Waals surface area contributed by atoms with Crippen LogP contribution in [0.25, 0.3) is 0 Å². The van der Waals surface area contributed by atoms with Crippen LogP contribution in [0.1, 0.15) is 25.8 Å². The number of rotatable bonds is 9. The van der Waals surface area contributed by atoms with E-state index in [9.17, 15) is 10.1 Å². The minimum absolute atomic E-state index is 0.129. The Morgan fingerprint density at radius 1 is 1.26 bits per heavy atom. The standard InChI is InChI=1S/C14H22N2O3/c1-12(2)15-9-3-10-19-11-8-13-4-6-14(7-5-13)16(17)18/h4-7,12,15H,3,8-11H2,1-2H3. The second-order valence-electron chi connectivity index (χ2n) is 4.75. The average Bonchev–Trinajstić information content (AvgIpc) is 2.38. The Balaban J connectivity index is 2.11. The van der Waals surface area contributed by atoms with Gasteiger partial charge in [0.05, 0.1) is 11.5 Å². The highest BCUT2D eigenvalue weighted by atomic mass is 16.6. The summed E-state index contributed by atoms with van der Waals surface area (Å²) in [5.74, 6) is 0. The Hall–Kier alpha value is -1.46. The zero-order valence-electron chi connectivity index (χ0n) is 11.6. The van der Waals surface area contributed by atoms with Gasteiger partial charge in [0.2, 0.25) is 0 Å². The molecule has 0 fully saturated rings. The molecule has 0 saturated carbocycles. The first kappa shape index (κ1) is 15.6. The van der Waals surface area contributed by atoms with Crippen molar-refractivity contribution in [1.29, 1.82) is 0 Å². The maximum Gasteiger partial charge on any atom is 0.269 e. The number of non-ortho nitro benzene ring substituents is 1. The largest absolute Gasteiger partial charge is 0.381 e. The van der Waals surface area contributed by atoms with Gasteiger partial charge in [0.1, 0.15) is 0 Å². The van der Waals surface area contributed by atoms with Crippen LogP contribution in [-0.4, -0.2) is 30.7 Å². The molecule has 5 heteroatoms. The molecular formula is C14H22N2O3. The monoisotopic (exact) mass is 266 g/mol. The highest BCUT2D eigenvalue weighted by Gasteiger charge is 2.03. The Bertz CT molecular complexity index is 377. The van der Waals surface area contributed by atoms with E-state index in [0.717, 1.165) is 31.6 Å². The lowest BCUT2D eigenvalue weighted by molar-refractivity contribution is -0.384. The van der Waals surface area contributed by atoms with Gasteiger partial charge in [-0.3, -0.25) is 10.1 Å². The van der Waals surface area contributed by atoms with Gasteiger partial charge in [0.15, 0.2) is 0 Å². The van der Waals surface area contributed by atoms with Gasteiger partial charge in [-0.25, -0.2) is 0 Å². The molecule has 0 aliphatic heterocycles. The molecule has 0 atom stereocenters. The Morgan fingerprint density at radius 3 is 2.53 bits per heavy atom. The third-order valence-electron chi connectivity index (χ3n) is 2.70. The minimum Gasteiger partial charge on any atom is -0.381 e. The van der Waals surface area contributed by atoms with Crippen molar-refractivity contribution in [3.05, 3.63) is 39.9 Å². The van der Waals surface area contributed by atoms with Crippen molar-refractivity contribution >= 4 is 5.69 Å². The fourth-order valence-corrected chi connectivity index (χ4v) is 1.64. The van der Waals surface area contributed by atoms with Gasteiger partial charge in [-0.2, -0.15) is 0 Å². The van der Waals surface area contributed by atoms with Crippen LogP contribution in [-0.2, 0) is 11.2 Å². The van der Waals surface area contributed by atoms with Gasteiger partial charge in [0.25, 0.3) is 5.69 Å². The van der Waals surface area contributed by atoms with E-state index in [0.29, 0.717) is 12.6 Å². The highest BCUT2D eigenvalue weighted by molar-refractivity contribution is 5.32. The van der Waals surface area contributed by atoms with Crippen molar-refractivity contribution < 1.29 is 9.66 Å². The normalized spacial score (nSPS) is 10.9. The lowest BCUT2D eigenvalue weighted by atomic mass is 10.1. The number of nitro benzene ring substituents is 1. The van der Waals surface area contributed by atoms with E-state index >= 15 is 0 Å². The molecule has 1 rings (SSSR count). The SMILES string of the molecule is CC(C)NCCCOCCc1ccc([N+](=O)[O-])cc1. The zero-order chi connectivity index (χ0) is 14.1. The van der Waals surface area contributed by atoms with Crippen LogP contribution >= 0.6 is 0 Å². The van der Waals surface area contributed by atoms with Gasteiger partial charge in [-0.15, -0.1) is 0 Å². The molecule has 0 aliphatic rings. The van der Waals surface area contributed by atoms with Crippen LogP contribution in [0.4, 0.5) is 5.69 Å². The molecule has 0 bridgehead atoms. The zero-order valence-corrected chi connectivity index (χ0v) is 11.6. The summed E-state index contributed by atoms with van der Waals surface area (Å²) < 4.78 is 5.52. The molecule has 0 radical (unpaired) electrons. The van der Waals surface area contributed by atoms with Crippen LogP contribution in [0.2, 0.25) is 0 Å².